The Morgan fingerprint density at radius 1 is 0.911 bits per heavy atom. The first kappa shape index (κ1) is 33.3. The van der Waals surface area contributed by atoms with Crippen molar-refractivity contribution in [1.82, 2.24) is 20.1 Å². The molecule has 240 valence electrons. The number of nitrogens with zero attached hydrogens (tertiary/aromatic N) is 3. The molecule has 0 aliphatic rings. The normalized spacial score (nSPS) is 12.4. The Morgan fingerprint density at radius 3 is 2.38 bits per heavy atom. The molecule has 0 fully saturated rings. The molecular weight excluding hydrogens is 574 g/mol. The Labute approximate surface area is 264 Å². The number of fused-ring (bicyclic) bond motifs is 1. The van der Waals surface area contributed by atoms with Crippen LogP contribution in [0.3, 0.4) is 0 Å². The number of amides is 1. The third-order valence-electron chi connectivity index (χ3n) is 6.42. The lowest BCUT2D eigenvalue weighted by molar-refractivity contribution is 0.0484. The van der Waals surface area contributed by atoms with Crippen molar-refractivity contribution in [2.24, 2.45) is 5.73 Å². The molecular formula is C34H43N5O6. The topological polar surface area (TPSA) is 140 Å². The number of nitrogens with one attached hydrogen (secondary N) is 1. The SMILES string of the molecule is Cc1nn(C(=O)OC(C)(C)C)c2ccc(-c3cncc(OC[C@H](Cc4cccc(OCCN)c4)NC(=O)OC(C)(C)C)c3)cc12. The molecule has 2 heterocycles. The zero-order valence-electron chi connectivity index (χ0n) is 27.0. The fourth-order valence-corrected chi connectivity index (χ4v) is 4.59. The lowest BCUT2D eigenvalue weighted by Crippen LogP contribution is -2.43. The first-order chi connectivity index (χ1) is 21.2. The van der Waals surface area contributed by atoms with E-state index in [-0.39, 0.29) is 6.61 Å². The zero-order valence-corrected chi connectivity index (χ0v) is 27.0. The Balaban J connectivity index is 1.52. The van der Waals surface area contributed by atoms with E-state index in [4.69, 9.17) is 24.7 Å². The van der Waals surface area contributed by atoms with E-state index in [9.17, 15) is 9.59 Å². The Kier molecular flexibility index (Phi) is 10.3. The van der Waals surface area contributed by atoms with Crippen LogP contribution in [0.1, 0.15) is 52.8 Å². The highest BCUT2D eigenvalue weighted by atomic mass is 16.6. The van der Waals surface area contributed by atoms with Crippen molar-refractivity contribution >= 4 is 23.1 Å². The summed E-state index contributed by atoms with van der Waals surface area (Å²) in [6.45, 7) is 13.7. The number of pyridine rings is 1. The first-order valence-electron chi connectivity index (χ1n) is 14.9. The monoisotopic (exact) mass is 617 g/mol. The molecule has 4 rings (SSSR count). The van der Waals surface area contributed by atoms with Gasteiger partial charge in [0.2, 0.25) is 0 Å². The zero-order chi connectivity index (χ0) is 32.8. The summed E-state index contributed by atoms with van der Waals surface area (Å²) < 4.78 is 24.1. The highest BCUT2D eigenvalue weighted by Gasteiger charge is 2.23. The van der Waals surface area contributed by atoms with Crippen molar-refractivity contribution in [1.29, 1.82) is 0 Å². The van der Waals surface area contributed by atoms with E-state index in [1.807, 2.05) is 97.0 Å². The Hall–Kier alpha value is -4.64. The molecule has 0 saturated heterocycles. The number of hydrogen-bond donors (Lipinski definition) is 2. The summed E-state index contributed by atoms with van der Waals surface area (Å²) in [5.41, 5.74) is 8.30. The van der Waals surface area contributed by atoms with Gasteiger partial charge in [-0.2, -0.15) is 9.78 Å². The second-order valence-electron chi connectivity index (χ2n) is 12.8. The van der Waals surface area contributed by atoms with E-state index in [0.717, 1.165) is 22.1 Å². The van der Waals surface area contributed by atoms with Crippen molar-refractivity contribution < 1.29 is 28.5 Å². The number of aromatic nitrogens is 3. The number of benzene rings is 2. The number of alkyl carbamates (subject to hydrolysis) is 1. The van der Waals surface area contributed by atoms with Gasteiger partial charge in [0.15, 0.2) is 0 Å². The Morgan fingerprint density at radius 2 is 1.67 bits per heavy atom. The number of carbonyl (C=O) groups is 2. The minimum Gasteiger partial charge on any atom is -0.492 e. The average Bonchev–Trinajstić information content (AvgIpc) is 3.29. The number of carbonyl (C=O) groups excluding carboxylic acids is 2. The predicted octanol–water partition coefficient (Wildman–Crippen LogP) is 6.04. The van der Waals surface area contributed by atoms with Gasteiger partial charge in [-0.25, -0.2) is 9.59 Å². The van der Waals surface area contributed by atoms with Crippen LogP contribution in [0.4, 0.5) is 9.59 Å². The van der Waals surface area contributed by atoms with E-state index in [1.165, 1.54) is 4.68 Å². The second-order valence-corrected chi connectivity index (χ2v) is 12.8. The van der Waals surface area contributed by atoms with E-state index < -0.39 is 29.4 Å². The highest BCUT2D eigenvalue weighted by molar-refractivity contribution is 5.92. The van der Waals surface area contributed by atoms with Crippen molar-refractivity contribution in [3.63, 3.8) is 0 Å². The van der Waals surface area contributed by atoms with Crippen molar-refractivity contribution in [2.75, 3.05) is 19.8 Å². The summed E-state index contributed by atoms with van der Waals surface area (Å²) in [6, 6.07) is 14.8. The minimum absolute atomic E-state index is 0.166. The summed E-state index contributed by atoms with van der Waals surface area (Å²) in [7, 11) is 0. The smallest absolute Gasteiger partial charge is 0.435 e. The fourth-order valence-electron chi connectivity index (χ4n) is 4.59. The maximum absolute atomic E-state index is 12.7. The highest BCUT2D eigenvalue weighted by Crippen LogP contribution is 2.29. The Bertz CT molecular complexity index is 1640. The molecule has 45 heavy (non-hydrogen) atoms. The van der Waals surface area contributed by atoms with Crippen LogP contribution in [0, 0.1) is 6.92 Å². The molecule has 0 aliphatic carbocycles. The largest absolute Gasteiger partial charge is 0.492 e. The molecule has 11 heteroatoms. The third-order valence-corrected chi connectivity index (χ3v) is 6.42. The van der Waals surface area contributed by atoms with Crippen molar-refractivity contribution in [3.8, 4) is 22.6 Å². The molecule has 1 atom stereocenters. The van der Waals surface area contributed by atoms with Gasteiger partial charge in [-0.15, -0.1) is 0 Å². The van der Waals surface area contributed by atoms with Gasteiger partial charge in [0.05, 0.1) is 23.4 Å². The van der Waals surface area contributed by atoms with Gasteiger partial charge in [0, 0.05) is 23.7 Å². The van der Waals surface area contributed by atoms with Gasteiger partial charge in [-0.3, -0.25) is 4.98 Å². The number of rotatable bonds is 10. The minimum atomic E-state index is -0.646. The number of nitrogens with two attached hydrogens (primary N) is 1. The van der Waals surface area contributed by atoms with Crippen molar-refractivity contribution in [3.05, 3.63) is 72.2 Å². The first-order valence-corrected chi connectivity index (χ1v) is 14.9. The van der Waals surface area contributed by atoms with Crippen molar-refractivity contribution in [2.45, 2.75) is 72.1 Å². The van der Waals surface area contributed by atoms with E-state index in [0.29, 0.717) is 42.3 Å². The lowest BCUT2D eigenvalue weighted by Gasteiger charge is -2.24. The molecule has 0 radical (unpaired) electrons. The summed E-state index contributed by atoms with van der Waals surface area (Å²) >= 11 is 0. The van der Waals surface area contributed by atoms with E-state index >= 15 is 0 Å². The third kappa shape index (κ3) is 9.67. The summed E-state index contributed by atoms with van der Waals surface area (Å²) in [5.74, 6) is 1.24. The van der Waals surface area contributed by atoms with Crippen LogP contribution >= 0.6 is 0 Å². The second kappa shape index (κ2) is 14.0. The van der Waals surface area contributed by atoms with Crippen LogP contribution in [0.25, 0.3) is 22.0 Å². The average molecular weight is 618 g/mol. The molecule has 3 N–H and O–H groups in total. The maximum Gasteiger partial charge on any atom is 0.435 e. The van der Waals surface area contributed by atoms with Gasteiger partial charge >= 0.3 is 12.2 Å². The van der Waals surface area contributed by atoms with Crippen LogP contribution in [0.15, 0.2) is 60.9 Å². The lowest BCUT2D eigenvalue weighted by atomic mass is 10.0. The molecule has 4 aromatic rings. The quantitative estimate of drug-likeness (QED) is 0.218. The molecule has 0 saturated carbocycles. The van der Waals surface area contributed by atoms with Crippen LogP contribution in [-0.4, -0.2) is 64.0 Å². The van der Waals surface area contributed by atoms with Crippen LogP contribution in [0.2, 0.25) is 0 Å². The van der Waals surface area contributed by atoms with Gasteiger partial charge in [0.25, 0.3) is 0 Å². The van der Waals surface area contributed by atoms with Gasteiger partial charge in [0.1, 0.15) is 35.9 Å². The fraction of sp³-hybridized carbons (Fsp3) is 0.412. The van der Waals surface area contributed by atoms with E-state index in [2.05, 4.69) is 15.4 Å². The molecule has 0 spiro atoms. The maximum atomic E-state index is 12.7. The molecule has 2 aromatic heterocycles. The van der Waals surface area contributed by atoms with Gasteiger partial charge < -0.3 is 30.0 Å². The summed E-state index contributed by atoms with van der Waals surface area (Å²) in [5, 5.41) is 8.18. The van der Waals surface area contributed by atoms with Crippen LogP contribution in [-0.2, 0) is 15.9 Å². The van der Waals surface area contributed by atoms with Crippen LogP contribution in [0.5, 0.6) is 11.5 Å². The summed E-state index contributed by atoms with van der Waals surface area (Å²) in [6.07, 6.45) is 2.78. The predicted molar refractivity (Wildman–Crippen MR) is 173 cm³/mol. The number of hydrogen-bond acceptors (Lipinski definition) is 9. The van der Waals surface area contributed by atoms with E-state index in [1.54, 1.807) is 12.4 Å². The number of ether oxygens (including phenoxy) is 4. The molecule has 2 aromatic carbocycles. The summed E-state index contributed by atoms with van der Waals surface area (Å²) in [4.78, 5) is 29.8. The molecule has 11 nitrogen and oxygen atoms in total. The van der Waals surface area contributed by atoms with Gasteiger partial charge in [-0.1, -0.05) is 18.2 Å². The van der Waals surface area contributed by atoms with Crippen LogP contribution < -0.4 is 20.5 Å². The molecule has 0 bridgehead atoms. The van der Waals surface area contributed by atoms with Gasteiger partial charge in [-0.05, 0) is 96.3 Å². The standard InChI is InChI=1S/C34H43N5O6/c1-22-29-18-24(11-12-30(29)39(38-22)32(41)45-34(5,6)7)25-17-28(20-36-19-25)43-21-26(37-31(40)44-33(2,3)4)15-23-9-8-10-27(16-23)42-14-13-35/h8-12,16-20,26H,13-15,21,35H2,1-7H3,(H,37,40)/t26-/m0/s1. The molecule has 0 aliphatic heterocycles. The molecule has 1 amide bonds. The molecule has 0 unspecified atom stereocenters. The number of aryl methyl sites for hydroxylation is 1.